The van der Waals surface area contributed by atoms with E-state index in [1.165, 1.54) is 4.31 Å². The summed E-state index contributed by atoms with van der Waals surface area (Å²) >= 11 is 0.990. The molecule has 0 saturated carbocycles. The number of nitrogens with zero attached hydrogens (tertiary/aromatic N) is 4. The summed E-state index contributed by atoms with van der Waals surface area (Å²) in [7, 11) is -3.87. The van der Waals surface area contributed by atoms with Gasteiger partial charge in [0, 0.05) is 19.6 Å². The maximum atomic E-state index is 13.6. The van der Waals surface area contributed by atoms with E-state index in [0.29, 0.717) is 43.5 Å². The fraction of sp³-hybridized carbons (Fsp3) is 0.409. The monoisotopic (exact) mass is 458 g/mol. The zero-order chi connectivity index (χ0) is 21.8. The molecule has 0 bridgehead atoms. The highest BCUT2D eigenvalue weighted by atomic mass is 32.2. The van der Waals surface area contributed by atoms with Crippen molar-refractivity contribution >= 4 is 38.7 Å². The third-order valence-corrected chi connectivity index (χ3v) is 8.12. The molecular weight excluding hydrogens is 432 g/mol. The second kappa shape index (κ2) is 9.42. The maximum Gasteiger partial charge on any atom is 0.246 e. The molecule has 0 unspecified atom stereocenters. The summed E-state index contributed by atoms with van der Waals surface area (Å²) in [6.45, 7) is 3.51. The number of amides is 1. The molecule has 4 rings (SSSR count). The lowest BCUT2D eigenvalue weighted by Gasteiger charge is -2.30. The number of unbranched alkanes of at least 4 members (excludes halogenated alkanes) is 1. The van der Waals surface area contributed by atoms with Gasteiger partial charge in [0.15, 0.2) is 0 Å². The fourth-order valence-electron chi connectivity index (χ4n) is 4.02. The highest BCUT2D eigenvalue weighted by Gasteiger charge is 2.42. The summed E-state index contributed by atoms with van der Waals surface area (Å²) in [5, 5.41) is 0. The zero-order valence-electron chi connectivity index (χ0n) is 17.5. The van der Waals surface area contributed by atoms with Crippen molar-refractivity contribution < 1.29 is 13.2 Å². The molecule has 1 aromatic heterocycles. The third-order valence-electron chi connectivity index (χ3n) is 5.63. The van der Waals surface area contributed by atoms with E-state index in [1.54, 1.807) is 18.2 Å². The molecule has 2 heterocycles. The largest absolute Gasteiger partial charge is 0.337 e. The molecule has 1 amide bonds. The van der Waals surface area contributed by atoms with Gasteiger partial charge >= 0.3 is 0 Å². The van der Waals surface area contributed by atoms with E-state index < -0.39 is 16.1 Å². The minimum Gasteiger partial charge on any atom is -0.337 e. The standard InChI is InChI=1S/C22H26N4O3S2/c1-2-3-14-25(16-17-9-5-4-6-10-17)22(27)19-12-8-15-26(19)31(28,29)20-13-7-11-18-21(20)24-30-23-18/h4-7,9-11,13,19H,2-3,8,12,14-16H2,1H3/t19-/m1/s1. The van der Waals surface area contributed by atoms with Crippen LogP contribution in [0.15, 0.2) is 53.4 Å². The molecule has 7 nitrogen and oxygen atoms in total. The number of aromatic nitrogens is 2. The minimum absolute atomic E-state index is 0.123. The summed E-state index contributed by atoms with van der Waals surface area (Å²) in [5.74, 6) is -0.123. The van der Waals surface area contributed by atoms with Crippen LogP contribution in [0.3, 0.4) is 0 Å². The summed E-state index contributed by atoms with van der Waals surface area (Å²) in [6, 6.07) is 14.1. The predicted octanol–water partition coefficient (Wildman–Crippen LogP) is 3.67. The third kappa shape index (κ3) is 4.49. The van der Waals surface area contributed by atoms with Gasteiger partial charge in [-0.25, -0.2) is 8.42 Å². The van der Waals surface area contributed by atoms with E-state index in [1.807, 2.05) is 35.2 Å². The minimum atomic E-state index is -3.87. The molecule has 0 spiro atoms. The Bertz CT molecular complexity index is 1150. The average Bonchev–Trinajstić information content (AvgIpc) is 3.46. The van der Waals surface area contributed by atoms with Crippen LogP contribution in [0.4, 0.5) is 0 Å². The molecule has 3 aromatic rings. The summed E-state index contributed by atoms with van der Waals surface area (Å²) in [4.78, 5) is 15.5. The van der Waals surface area contributed by atoms with Gasteiger partial charge in [0.25, 0.3) is 0 Å². The Labute approximate surface area is 187 Å². The quantitative estimate of drug-likeness (QED) is 0.514. The lowest BCUT2D eigenvalue weighted by Crippen LogP contribution is -2.47. The number of benzene rings is 2. The van der Waals surface area contributed by atoms with Gasteiger partial charge in [-0.05, 0) is 37.0 Å². The highest BCUT2D eigenvalue weighted by Crippen LogP contribution is 2.31. The Morgan fingerprint density at radius 3 is 2.74 bits per heavy atom. The van der Waals surface area contributed by atoms with E-state index in [0.717, 1.165) is 30.1 Å². The zero-order valence-corrected chi connectivity index (χ0v) is 19.1. The molecule has 1 aliphatic rings. The number of sulfonamides is 1. The van der Waals surface area contributed by atoms with E-state index in [-0.39, 0.29) is 10.8 Å². The summed E-state index contributed by atoms with van der Waals surface area (Å²) in [5.41, 5.74) is 1.97. The van der Waals surface area contributed by atoms with E-state index in [2.05, 4.69) is 15.7 Å². The van der Waals surface area contributed by atoms with Crippen molar-refractivity contribution in [3.8, 4) is 0 Å². The molecular formula is C22H26N4O3S2. The van der Waals surface area contributed by atoms with Crippen LogP contribution in [0.5, 0.6) is 0 Å². The number of hydrogen-bond donors (Lipinski definition) is 0. The van der Waals surface area contributed by atoms with Crippen molar-refractivity contribution in [2.45, 2.75) is 50.1 Å². The van der Waals surface area contributed by atoms with Crippen LogP contribution < -0.4 is 0 Å². The molecule has 164 valence electrons. The first-order valence-corrected chi connectivity index (χ1v) is 12.7. The maximum absolute atomic E-state index is 13.6. The Morgan fingerprint density at radius 2 is 1.97 bits per heavy atom. The lowest BCUT2D eigenvalue weighted by molar-refractivity contribution is -0.135. The number of carbonyl (C=O) groups excluding carboxylic acids is 1. The average molecular weight is 459 g/mol. The second-order valence-electron chi connectivity index (χ2n) is 7.76. The van der Waals surface area contributed by atoms with Crippen molar-refractivity contribution in [3.05, 3.63) is 54.1 Å². The van der Waals surface area contributed by atoms with Crippen molar-refractivity contribution in [1.82, 2.24) is 18.0 Å². The molecule has 0 N–H and O–H groups in total. The highest BCUT2D eigenvalue weighted by molar-refractivity contribution is 7.89. The number of fused-ring (bicyclic) bond motifs is 1. The molecule has 0 aliphatic carbocycles. The number of rotatable bonds is 8. The van der Waals surface area contributed by atoms with Crippen molar-refractivity contribution in [2.75, 3.05) is 13.1 Å². The molecule has 0 radical (unpaired) electrons. The summed E-state index contributed by atoms with van der Waals surface area (Å²) in [6.07, 6.45) is 3.03. The Morgan fingerprint density at radius 1 is 1.16 bits per heavy atom. The van der Waals surface area contributed by atoms with Gasteiger partial charge in [-0.3, -0.25) is 4.79 Å². The van der Waals surface area contributed by atoms with Crippen LogP contribution in [0, 0.1) is 0 Å². The molecule has 1 atom stereocenters. The van der Waals surface area contributed by atoms with Crippen molar-refractivity contribution in [3.63, 3.8) is 0 Å². The van der Waals surface area contributed by atoms with Crippen LogP contribution >= 0.6 is 11.7 Å². The Balaban J connectivity index is 1.62. The second-order valence-corrected chi connectivity index (χ2v) is 10.1. The number of hydrogen-bond acceptors (Lipinski definition) is 6. The van der Waals surface area contributed by atoms with E-state index in [9.17, 15) is 13.2 Å². The molecule has 9 heteroatoms. The molecule has 1 aliphatic heterocycles. The van der Waals surface area contributed by atoms with Gasteiger partial charge < -0.3 is 4.90 Å². The van der Waals surface area contributed by atoms with Crippen LogP contribution in [0.2, 0.25) is 0 Å². The normalized spacial score (nSPS) is 17.3. The predicted molar refractivity (Wildman–Crippen MR) is 121 cm³/mol. The fourth-order valence-corrected chi connectivity index (χ4v) is 6.43. The molecule has 31 heavy (non-hydrogen) atoms. The Kier molecular flexibility index (Phi) is 6.64. The van der Waals surface area contributed by atoms with E-state index >= 15 is 0 Å². The van der Waals surface area contributed by atoms with Crippen molar-refractivity contribution in [1.29, 1.82) is 0 Å². The smallest absolute Gasteiger partial charge is 0.246 e. The van der Waals surface area contributed by atoms with Crippen molar-refractivity contribution in [2.24, 2.45) is 0 Å². The molecule has 2 aromatic carbocycles. The van der Waals surface area contributed by atoms with Gasteiger partial charge in [-0.1, -0.05) is 49.7 Å². The van der Waals surface area contributed by atoms with Gasteiger partial charge in [-0.15, -0.1) is 0 Å². The molecule has 1 saturated heterocycles. The van der Waals surface area contributed by atoms with Crippen LogP contribution in [-0.4, -0.2) is 51.4 Å². The molecule has 1 fully saturated rings. The first-order valence-electron chi connectivity index (χ1n) is 10.6. The van der Waals surface area contributed by atoms with Crippen LogP contribution in [-0.2, 0) is 21.4 Å². The van der Waals surface area contributed by atoms with E-state index in [4.69, 9.17) is 0 Å². The summed E-state index contributed by atoms with van der Waals surface area (Å²) < 4.78 is 36.8. The number of carbonyl (C=O) groups is 1. The van der Waals surface area contributed by atoms with Gasteiger partial charge in [0.2, 0.25) is 15.9 Å². The first kappa shape index (κ1) is 21.9. The van der Waals surface area contributed by atoms with Gasteiger partial charge in [0.1, 0.15) is 22.0 Å². The van der Waals surface area contributed by atoms with Crippen LogP contribution in [0.25, 0.3) is 11.0 Å². The van der Waals surface area contributed by atoms with Gasteiger partial charge in [-0.2, -0.15) is 13.1 Å². The van der Waals surface area contributed by atoms with Crippen LogP contribution in [0.1, 0.15) is 38.2 Å². The Hall–Kier alpha value is -2.36. The van der Waals surface area contributed by atoms with Gasteiger partial charge in [0.05, 0.1) is 11.7 Å². The lowest BCUT2D eigenvalue weighted by atomic mass is 10.1. The SMILES string of the molecule is CCCCN(Cc1ccccc1)C(=O)[C@H]1CCCN1S(=O)(=O)c1cccc2nsnc12. The topological polar surface area (TPSA) is 83.5 Å². The first-order chi connectivity index (χ1) is 15.0.